The molecule has 3 nitrogen and oxygen atoms in total. The number of anilines is 1. The second-order valence-corrected chi connectivity index (χ2v) is 4.09. The number of aromatic nitrogens is 2. The van der Waals surface area contributed by atoms with Gasteiger partial charge in [-0.15, -0.1) is 0 Å². The molecule has 0 fully saturated rings. The molecule has 0 bridgehead atoms. The summed E-state index contributed by atoms with van der Waals surface area (Å²) >= 11 is 1.28. The highest BCUT2D eigenvalue weighted by molar-refractivity contribution is 7.99. The van der Waals surface area contributed by atoms with Gasteiger partial charge in [0, 0.05) is 18.0 Å². The lowest BCUT2D eigenvalue weighted by Crippen LogP contribution is -1.93. The second kappa shape index (κ2) is 4.94. The molecule has 82 valence electrons. The first-order valence-electron chi connectivity index (χ1n) is 4.72. The molecule has 1 heterocycles. The van der Waals surface area contributed by atoms with Crippen LogP contribution in [0.1, 0.15) is 0 Å². The van der Waals surface area contributed by atoms with Crippen LogP contribution in [0.25, 0.3) is 0 Å². The maximum Gasteiger partial charge on any atom is 0.137 e. The number of hydrogen-bond acceptors (Lipinski definition) is 4. The topological polar surface area (TPSA) is 37.8 Å². The van der Waals surface area contributed by atoms with E-state index in [9.17, 15) is 4.39 Å². The Morgan fingerprint density at radius 2 is 2.06 bits per heavy atom. The van der Waals surface area contributed by atoms with Crippen molar-refractivity contribution in [1.82, 2.24) is 9.97 Å². The predicted octanol–water partition coefficient (Wildman–Crippen LogP) is 2.81. The van der Waals surface area contributed by atoms with Crippen LogP contribution in [0.4, 0.5) is 10.2 Å². The van der Waals surface area contributed by atoms with Gasteiger partial charge in [0.15, 0.2) is 0 Å². The molecule has 5 heteroatoms. The Balaban J connectivity index is 2.24. The van der Waals surface area contributed by atoms with Gasteiger partial charge in [-0.1, -0.05) is 23.9 Å². The number of nitrogens with zero attached hydrogens (tertiary/aromatic N) is 2. The molecule has 1 aromatic heterocycles. The van der Waals surface area contributed by atoms with Crippen LogP contribution >= 0.6 is 11.8 Å². The summed E-state index contributed by atoms with van der Waals surface area (Å²) in [6, 6.07) is 8.39. The molecule has 0 aliphatic heterocycles. The lowest BCUT2D eigenvalue weighted by molar-refractivity contribution is 0.602. The Kier molecular flexibility index (Phi) is 3.36. The van der Waals surface area contributed by atoms with Crippen LogP contribution in [0.3, 0.4) is 0 Å². The lowest BCUT2D eigenvalue weighted by Gasteiger charge is -2.03. The van der Waals surface area contributed by atoms with Crippen molar-refractivity contribution in [3.05, 3.63) is 42.5 Å². The van der Waals surface area contributed by atoms with Gasteiger partial charge in [-0.05, 0) is 12.1 Å². The van der Waals surface area contributed by atoms with E-state index in [0.717, 1.165) is 0 Å². The van der Waals surface area contributed by atoms with Crippen molar-refractivity contribution in [2.45, 2.75) is 9.92 Å². The molecule has 0 aliphatic carbocycles. The van der Waals surface area contributed by atoms with E-state index in [2.05, 4.69) is 15.3 Å². The fourth-order valence-electron chi connectivity index (χ4n) is 1.17. The van der Waals surface area contributed by atoms with Gasteiger partial charge in [0.2, 0.25) is 0 Å². The summed E-state index contributed by atoms with van der Waals surface area (Å²) in [6.45, 7) is 0. The van der Waals surface area contributed by atoms with Crippen molar-refractivity contribution in [3.63, 3.8) is 0 Å². The zero-order valence-corrected chi connectivity index (χ0v) is 9.46. The molecule has 2 aromatic rings. The number of nitrogens with one attached hydrogen (secondary N) is 1. The van der Waals surface area contributed by atoms with E-state index in [-0.39, 0.29) is 5.82 Å². The van der Waals surface area contributed by atoms with E-state index in [1.165, 1.54) is 24.2 Å². The number of halogens is 1. The quantitative estimate of drug-likeness (QED) is 0.830. The van der Waals surface area contributed by atoms with Crippen LogP contribution in [0.5, 0.6) is 0 Å². The highest BCUT2D eigenvalue weighted by atomic mass is 32.2. The minimum absolute atomic E-state index is 0.239. The highest BCUT2D eigenvalue weighted by Crippen LogP contribution is 2.28. The first-order chi connectivity index (χ1) is 7.79. The molecule has 0 atom stereocenters. The molecule has 0 radical (unpaired) electrons. The minimum Gasteiger partial charge on any atom is -0.373 e. The SMILES string of the molecule is CNc1cc(Sc2ccccc2F)ncn1. The van der Waals surface area contributed by atoms with Crippen LogP contribution in [0.15, 0.2) is 46.6 Å². The average molecular weight is 235 g/mol. The first-order valence-corrected chi connectivity index (χ1v) is 5.53. The molecule has 0 aliphatic rings. The van der Waals surface area contributed by atoms with E-state index in [1.54, 1.807) is 31.3 Å². The number of hydrogen-bond donors (Lipinski definition) is 1. The fourth-order valence-corrected chi connectivity index (χ4v) is 1.98. The molecular formula is C11H10FN3S. The van der Waals surface area contributed by atoms with Gasteiger partial charge in [0.1, 0.15) is 23.0 Å². The smallest absolute Gasteiger partial charge is 0.137 e. The van der Waals surface area contributed by atoms with E-state index < -0.39 is 0 Å². The van der Waals surface area contributed by atoms with Crippen LogP contribution in [-0.2, 0) is 0 Å². The Morgan fingerprint density at radius 3 is 2.81 bits per heavy atom. The van der Waals surface area contributed by atoms with Crippen LogP contribution in [0, 0.1) is 5.82 Å². The van der Waals surface area contributed by atoms with Crippen molar-refractivity contribution < 1.29 is 4.39 Å². The Bertz CT molecular complexity index is 490. The largest absolute Gasteiger partial charge is 0.373 e. The zero-order valence-electron chi connectivity index (χ0n) is 8.64. The van der Waals surface area contributed by atoms with Gasteiger partial charge in [-0.2, -0.15) is 0 Å². The molecule has 1 N–H and O–H groups in total. The van der Waals surface area contributed by atoms with Gasteiger partial charge in [0.25, 0.3) is 0 Å². The van der Waals surface area contributed by atoms with Gasteiger partial charge >= 0.3 is 0 Å². The van der Waals surface area contributed by atoms with Gasteiger partial charge < -0.3 is 5.32 Å². The van der Waals surface area contributed by atoms with Gasteiger partial charge in [-0.3, -0.25) is 0 Å². The first kappa shape index (κ1) is 10.9. The molecule has 1 aromatic carbocycles. The number of benzene rings is 1. The highest BCUT2D eigenvalue weighted by Gasteiger charge is 2.04. The van der Waals surface area contributed by atoms with Gasteiger partial charge in [0.05, 0.1) is 0 Å². The monoisotopic (exact) mass is 235 g/mol. The minimum atomic E-state index is -0.239. The second-order valence-electron chi connectivity index (χ2n) is 3.02. The molecule has 0 saturated heterocycles. The van der Waals surface area contributed by atoms with Crippen LogP contribution in [0.2, 0.25) is 0 Å². The molecule has 0 spiro atoms. The van der Waals surface area contributed by atoms with E-state index in [1.807, 2.05) is 0 Å². The molecule has 0 saturated carbocycles. The summed E-state index contributed by atoms with van der Waals surface area (Å²) in [5.41, 5.74) is 0. The van der Waals surface area contributed by atoms with Crippen molar-refractivity contribution in [3.8, 4) is 0 Å². The Hall–Kier alpha value is -1.62. The average Bonchev–Trinajstić information content (AvgIpc) is 2.32. The molecule has 0 unspecified atom stereocenters. The van der Waals surface area contributed by atoms with Gasteiger partial charge in [-0.25, -0.2) is 14.4 Å². The summed E-state index contributed by atoms with van der Waals surface area (Å²) in [5.74, 6) is 0.478. The maximum atomic E-state index is 13.4. The summed E-state index contributed by atoms with van der Waals surface area (Å²) in [5, 5.41) is 3.62. The normalized spacial score (nSPS) is 10.1. The molecule has 16 heavy (non-hydrogen) atoms. The fraction of sp³-hybridized carbons (Fsp3) is 0.0909. The molecule has 0 amide bonds. The van der Waals surface area contributed by atoms with E-state index in [0.29, 0.717) is 15.7 Å². The Morgan fingerprint density at radius 1 is 1.25 bits per heavy atom. The molecule has 2 rings (SSSR count). The van der Waals surface area contributed by atoms with Crippen molar-refractivity contribution in [1.29, 1.82) is 0 Å². The summed E-state index contributed by atoms with van der Waals surface area (Å²) in [6.07, 6.45) is 1.45. The summed E-state index contributed by atoms with van der Waals surface area (Å²) in [4.78, 5) is 8.62. The molecular weight excluding hydrogens is 225 g/mol. The third kappa shape index (κ3) is 2.49. The van der Waals surface area contributed by atoms with Crippen LogP contribution in [-0.4, -0.2) is 17.0 Å². The summed E-state index contributed by atoms with van der Waals surface area (Å²) in [7, 11) is 1.78. The maximum absolute atomic E-state index is 13.4. The van der Waals surface area contributed by atoms with Crippen molar-refractivity contribution in [2.75, 3.05) is 12.4 Å². The van der Waals surface area contributed by atoms with Crippen molar-refractivity contribution >= 4 is 17.6 Å². The third-order valence-electron chi connectivity index (χ3n) is 1.95. The standard InChI is InChI=1S/C11H10FN3S/c1-13-10-6-11(15-7-14-10)16-9-5-3-2-4-8(9)12/h2-7H,1H3,(H,13,14,15). The Labute approximate surface area is 97.1 Å². The zero-order chi connectivity index (χ0) is 11.4. The van der Waals surface area contributed by atoms with E-state index in [4.69, 9.17) is 0 Å². The number of rotatable bonds is 3. The summed E-state index contributed by atoms with van der Waals surface area (Å²) < 4.78 is 13.4. The third-order valence-corrected chi connectivity index (χ3v) is 2.93. The van der Waals surface area contributed by atoms with Crippen LogP contribution < -0.4 is 5.32 Å². The van der Waals surface area contributed by atoms with E-state index >= 15 is 0 Å². The lowest BCUT2D eigenvalue weighted by atomic mass is 10.3. The van der Waals surface area contributed by atoms with Crippen molar-refractivity contribution in [2.24, 2.45) is 0 Å². The predicted molar refractivity (Wildman–Crippen MR) is 62.1 cm³/mol.